The fraction of sp³-hybridized carbons (Fsp3) is 0.796. The Morgan fingerprint density at radius 1 is 0.762 bits per heavy atom. The van der Waals surface area contributed by atoms with Crippen molar-refractivity contribution in [1.82, 2.24) is 0 Å². The molecule has 7 unspecified atom stereocenters. The van der Waals surface area contributed by atoms with Gasteiger partial charge in [0.15, 0.2) is 6.61 Å². The smallest absolute Gasteiger partial charge is 0.344 e. The van der Waals surface area contributed by atoms with E-state index in [2.05, 4.69) is 66.0 Å². The quantitative estimate of drug-likeness (QED) is 0.0429. The Morgan fingerprint density at radius 2 is 1.46 bits per heavy atom. The standard InChI is InChI=1S/C54H84O9/c1-9-38-30-41(15-14-39-31-40(10-2)45(33-39)51(56)61-29-28-60-27-26-59-25-24-58-8)46(32-38)52(57)62-35-50(55)63-43-20-22-53(6)42(34-43)16-17-44-48-19-18-47(37(5)13-11-12-36(3)4)54(48,7)23-21-49(44)53/h9-10,14-16,36-41,43-49H,1-2,11-13,17-35H2,3-8H3/b15-14-/t37-,38?,39?,40?,41?,43?,44+,45?,46?,47-,48+,49+,53+,54-/m1/s1. The summed E-state index contributed by atoms with van der Waals surface area (Å²) in [5.41, 5.74) is 2.14. The van der Waals surface area contributed by atoms with Crippen molar-refractivity contribution >= 4 is 17.9 Å². The zero-order valence-electron chi connectivity index (χ0n) is 40.0. The number of esters is 3. The predicted octanol–water partition coefficient (Wildman–Crippen LogP) is 10.9. The van der Waals surface area contributed by atoms with E-state index in [-0.39, 0.29) is 72.2 Å². The highest BCUT2D eigenvalue weighted by atomic mass is 16.6. The van der Waals surface area contributed by atoms with Crippen molar-refractivity contribution in [3.8, 4) is 0 Å². The first kappa shape index (κ1) is 49.7. The van der Waals surface area contributed by atoms with Crippen LogP contribution >= 0.6 is 0 Å². The highest BCUT2D eigenvalue weighted by molar-refractivity contribution is 5.78. The molecule has 9 heteroatoms. The largest absolute Gasteiger partial charge is 0.463 e. The van der Waals surface area contributed by atoms with Crippen LogP contribution in [-0.2, 0) is 42.8 Å². The molecule has 0 radical (unpaired) electrons. The zero-order chi connectivity index (χ0) is 45.1. The average Bonchev–Trinajstić information content (AvgIpc) is 3.99. The minimum atomic E-state index is -0.456. The zero-order valence-corrected chi connectivity index (χ0v) is 40.0. The van der Waals surface area contributed by atoms with Crippen molar-refractivity contribution in [3.63, 3.8) is 0 Å². The second kappa shape index (κ2) is 23.1. The number of methoxy groups -OCH3 is 1. The maximum absolute atomic E-state index is 13.6. The molecule has 14 atom stereocenters. The summed E-state index contributed by atoms with van der Waals surface area (Å²) >= 11 is 0. The summed E-state index contributed by atoms with van der Waals surface area (Å²) in [6.07, 6.45) is 26.7. The van der Waals surface area contributed by atoms with Crippen LogP contribution in [0.2, 0.25) is 0 Å². The molecule has 0 aromatic heterocycles. The summed E-state index contributed by atoms with van der Waals surface area (Å²) < 4.78 is 33.2. The number of fused-ring (bicyclic) bond motifs is 5. The van der Waals surface area contributed by atoms with Crippen molar-refractivity contribution in [1.29, 1.82) is 0 Å². The predicted molar refractivity (Wildman–Crippen MR) is 247 cm³/mol. The molecule has 6 aliphatic carbocycles. The van der Waals surface area contributed by atoms with Gasteiger partial charge in [0.1, 0.15) is 12.7 Å². The second-order valence-electron chi connectivity index (χ2n) is 21.5. The summed E-state index contributed by atoms with van der Waals surface area (Å²) in [7, 11) is 1.63. The first-order valence-electron chi connectivity index (χ1n) is 25.1. The summed E-state index contributed by atoms with van der Waals surface area (Å²) in [4.78, 5) is 39.8. The van der Waals surface area contributed by atoms with Crippen molar-refractivity contribution in [2.24, 2.45) is 81.8 Å². The molecule has 0 bridgehead atoms. The Morgan fingerprint density at radius 3 is 2.19 bits per heavy atom. The van der Waals surface area contributed by atoms with Crippen molar-refractivity contribution in [2.45, 2.75) is 137 Å². The third-order valence-corrected chi connectivity index (χ3v) is 17.3. The van der Waals surface area contributed by atoms with Gasteiger partial charge in [0.2, 0.25) is 0 Å². The van der Waals surface area contributed by atoms with Crippen LogP contribution in [0.4, 0.5) is 0 Å². The van der Waals surface area contributed by atoms with Gasteiger partial charge < -0.3 is 28.4 Å². The molecule has 6 aliphatic rings. The third-order valence-electron chi connectivity index (χ3n) is 17.3. The lowest BCUT2D eigenvalue weighted by Crippen LogP contribution is -2.51. The number of hydrogen-bond acceptors (Lipinski definition) is 9. The van der Waals surface area contributed by atoms with Crippen LogP contribution in [0.25, 0.3) is 0 Å². The highest BCUT2D eigenvalue weighted by Gasteiger charge is 2.59. The van der Waals surface area contributed by atoms with E-state index >= 15 is 0 Å². The molecule has 354 valence electrons. The maximum atomic E-state index is 13.6. The van der Waals surface area contributed by atoms with E-state index in [0.717, 1.165) is 68.1 Å². The number of carbonyl (C=O) groups is 3. The van der Waals surface area contributed by atoms with E-state index in [1.165, 1.54) is 50.5 Å². The van der Waals surface area contributed by atoms with Gasteiger partial charge in [-0.1, -0.05) is 89.8 Å². The number of carbonyl (C=O) groups excluding carboxylic acids is 3. The highest BCUT2D eigenvalue weighted by Crippen LogP contribution is 2.67. The van der Waals surface area contributed by atoms with Gasteiger partial charge in [-0.2, -0.15) is 0 Å². The Balaban J connectivity index is 0.943. The van der Waals surface area contributed by atoms with Crippen molar-refractivity contribution in [3.05, 3.63) is 49.1 Å². The van der Waals surface area contributed by atoms with E-state index in [9.17, 15) is 14.4 Å². The SMILES string of the molecule is C=CC1CC(/C=C\C2CC(C=C)C(C(=O)OCCOCCOCCOC)C2)C(C(=O)OCC(=O)OC2CC[C@@]3(C)C(=CC[C@H]4[C@@H]5CC[C@H]([C@H](C)CCCC(C)C)[C@@]5(C)CC[C@@H]43)C2)C1. The molecule has 0 saturated heterocycles. The lowest BCUT2D eigenvalue weighted by molar-refractivity contribution is -0.166. The first-order valence-corrected chi connectivity index (χ1v) is 25.1. The topological polar surface area (TPSA) is 107 Å². The molecule has 0 amide bonds. The van der Waals surface area contributed by atoms with E-state index in [1.807, 2.05) is 12.2 Å². The molecule has 5 fully saturated rings. The molecule has 0 aliphatic heterocycles. The van der Waals surface area contributed by atoms with Gasteiger partial charge in [-0.15, -0.1) is 13.2 Å². The molecule has 0 aromatic carbocycles. The maximum Gasteiger partial charge on any atom is 0.344 e. The molecule has 9 nitrogen and oxygen atoms in total. The van der Waals surface area contributed by atoms with Gasteiger partial charge in [0.25, 0.3) is 0 Å². The summed E-state index contributed by atoms with van der Waals surface area (Å²) in [6, 6.07) is 0. The van der Waals surface area contributed by atoms with E-state index in [1.54, 1.807) is 7.11 Å². The third kappa shape index (κ3) is 12.2. The number of rotatable bonds is 23. The van der Waals surface area contributed by atoms with Gasteiger partial charge in [-0.05, 0) is 141 Å². The summed E-state index contributed by atoms with van der Waals surface area (Å²) in [6.45, 7) is 22.5. The summed E-state index contributed by atoms with van der Waals surface area (Å²) in [5, 5.41) is 0. The molecule has 0 N–H and O–H groups in total. The number of hydrogen-bond donors (Lipinski definition) is 0. The second-order valence-corrected chi connectivity index (χ2v) is 21.5. The van der Waals surface area contributed by atoms with Crippen molar-refractivity contribution < 1.29 is 42.8 Å². The van der Waals surface area contributed by atoms with Crippen LogP contribution < -0.4 is 0 Å². The summed E-state index contributed by atoms with van der Waals surface area (Å²) in [5.74, 6) is 3.42. The molecule has 0 spiro atoms. The van der Waals surface area contributed by atoms with Gasteiger partial charge in [-0.3, -0.25) is 9.59 Å². The molecular formula is C54H84O9. The van der Waals surface area contributed by atoms with Crippen LogP contribution in [0, 0.1) is 81.8 Å². The Labute approximate surface area is 380 Å². The minimum absolute atomic E-state index is 0.0180. The lowest BCUT2D eigenvalue weighted by atomic mass is 9.47. The van der Waals surface area contributed by atoms with Crippen LogP contribution in [0.1, 0.15) is 131 Å². The Hall–Kier alpha value is -2.75. The fourth-order valence-electron chi connectivity index (χ4n) is 13.9. The first-order chi connectivity index (χ1) is 30.3. The molecule has 0 heterocycles. The lowest BCUT2D eigenvalue weighted by Gasteiger charge is -2.58. The van der Waals surface area contributed by atoms with Crippen LogP contribution in [-0.4, -0.2) is 77.4 Å². The van der Waals surface area contributed by atoms with E-state index in [0.29, 0.717) is 57.2 Å². The average molecular weight is 877 g/mol. The Kier molecular flexibility index (Phi) is 18.2. The molecule has 63 heavy (non-hydrogen) atoms. The minimum Gasteiger partial charge on any atom is -0.463 e. The molecule has 5 saturated carbocycles. The van der Waals surface area contributed by atoms with E-state index in [4.69, 9.17) is 28.4 Å². The van der Waals surface area contributed by atoms with Gasteiger partial charge in [0, 0.05) is 13.5 Å². The molecular weight excluding hydrogens is 793 g/mol. The monoisotopic (exact) mass is 877 g/mol. The fourth-order valence-corrected chi connectivity index (χ4v) is 13.9. The van der Waals surface area contributed by atoms with Crippen LogP contribution in [0.15, 0.2) is 49.1 Å². The number of ether oxygens (including phenoxy) is 6. The van der Waals surface area contributed by atoms with Gasteiger partial charge >= 0.3 is 17.9 Å². The van der Waals surface area contributed by atoms with Gasteiger partial charge in [-0.25, -0.2) is 4.79 Å². The van der Waals surface area contributed by atoms with Crippen LogP contribution in [0.5, 0.6) is 0 Å². The van der Waals surface area contributed by atoms with Crippen molar-refractivity contribution in [2.75, 3.05) is 53.4 Å². The Bertz CT molecular complexity index is 1600. The molecule has 6 rings (SSSR count). The van der Waals surface area contributed by atoms with Gasteiger partial charge in [0.05, 0.1) is 44.9 Å². The normalized spacial score (nSPS) is 36.6. The van der Waals surface area contributed by atoms with Crippen LogP contribution in [0.3, 0.4) is 0 Å². The molecule has 0 aromatic rings. The van der Waals surface area contributed by atoms with E-state index < -0.39 is 5.97 Å². The number of allylic oxidation sites excluding steroid dienone is 5.